The van der Waals surface area contributed by atoms with Gasteiger partial charge in [0.05, 0.1) is 19.3 Å². The Bertz CT molecular complexity index is 549. The number of benzene rings is 1. The van der Waals surface area contributed by atoms with E-state index >= 15 is 0 Å². The van der Waals surface area contributed by atoms with E-state index in [1.165, 1.54) is 6.07 Å². The molecular formula is C18H27FN2O3. The summed E-state index contributed by atoms with van der Waals surface area (Å²) in [6, 6.07) is 4.91. The number of methoxy groups -OCH3 is 1. The van der Waals surface area contributed by atoms with Gasteiger partial charge >= 0.3 is 0 Å². The molecule has 5 nitrogen and oxygen atoms in total. The van der Waals surface area contributed by atoms with E-state index in [0.29, 0.717) is 24.4 Å². The third-order valence-corrected chi connectivity index (χ3v) is 5.25. The summed E-state index contributed by atoms with van der Waals surface area (Å²) < 4.78 is 19.1. The second kappa shape index (κ2) is 7.78. The molecule has 0 unspecified atom stereocenters. The minimum absolute atomic E-state index is 0.143. The Morgan fingerprint density at radius 2 is 1.92 bits per heavy atom. The Hall–Kier alpha value is -1.21. The van der Waals surface area contributed by atoms with Gasteiger partial charge in [-0.1, -0.05) is 0 Å². The predicted octanol–water partition coefficient (Wildman–Crippen LogP) is 1.23. The first-order valence-electron chi connectivity index (χ1n) is 8.72. The van der Waals surface area contributed by atoms with Crippen molar-refractivity contribution in [3.63, 3.8) is 0 Å². The summed E-state index contributed by atoms with van der Waals surface area (Å²) in [4.78, 5) is 4.39. The van der Waals surface area contributed by atoms with Crippen LogP contribution in [0.2, 0.25) is 0 Å². The van der Waals surface area contributed by atoms with E-state index in [0.717, 1.165) is 38.9 Å². The van der Waals surface area contributed by atoms with Crippen LogP contribution < -0.4 is 4.74 Å². The number of piperidine rings is 2. The molecule has 0 spiro atoms. The molecule has 2 N–H and O–H groups in total. The maximum atomic E-state index is 14.0. The van der Waals surface area contributed by atoms with Crippen molar-refractivity contribution in [1.82, 2.24) is 9.80 Å². The van der Waals surface area contributed by atoms with E-state index in [-0.39, 0.29) is 18.0 Å². The van der Waals surface area contributed by atoms with Crippen LogP contribution in [-0.2, 0) is 6.54 Å². The molecule has 0 aromatic heterocycles. The first-order valence-corrected chi connectivity index (χ1v) is 8.72. The molecule has 6 heteroatoms. The predicted molar refractivity (Wildman–Crippen MR) is 89.5 cm³/mol. The summed E-state index contributed by atoms with van der Waals surface area (Å²) in [5, 5.41) is 20.2. The Balaban J connectivity index is 1.57. The summed E-state index contributed by atoms with van der Waals surface area (Å²) in [5.41, 5.74) is 0.598. The van der Waals surface area contributed by atoms with E-state index in [1.807, 2.05) is 0 Å². The second-order valence-corrected chi connectivity index (χ2v) is 6.88. The van der Waals surface area contributed by atoms with Gasteiger partial charge in [0, 0.05) is 44.3 Å². The van der Waals surface area contributed by atoms with Gasteiger partial charge in [0.2, 0.25) is 0 Å². The van der Waals surface area contributed by atoms with Crippen molar-refractivity contribution in [1.29, 1.82) is 0 Å². The van der Waals surface area contributed by atoms with Crippen LogP contribution in [0.4, 0.5) is 4.39 Å². The lowest BCUT2D eigenvalue weighted by atomic mass is 9.96. The molecule has 2 aliphatic heterocycles. The monoisotopic (exact) mass is 338 g/mol. The molecule has 0 radical (unpaired) electrons. The number of nitrogens with zero attached hydrogens (tertiary/aromatic N) is 2. The standard InChI is InChI=1S/C18H27FN2O3/c1-24-15-2-3-16(19)13(10-15)11-20-7-6-17(18(23)12-20)21-8-4-14(22)5-9-21/h2-3,10,14,17-18,22-23H,4-9,11-12H2,1H3/t17-,18-/m1/s1. The number of hydrogen-bond donors (Lipinski definition) is 2. The summed E-state index contributed by atoms with van der Waals surface area (Å²) in [6.07, 6.45) is 1.78. The van der Waals surface area contributed by atoms with Gasteiger partial charge < -0.3 is 14.9 Å². The van der Waals surface area contributed by atoms with Crippen molar-refractivity contribution in [2.45, 2.75) is 44.1 Å². The highest BCUT2D eigenvalue weighted by Crippen LogP contribution is 2.24. The maximum Gasteiger partial charge on any atom is 0.127 e. The lowest BCUT2D eigenvalue weighted by molar-refractivity contribution is -0.0357. The third kappa shape index (κ3) is 4.06. The highest BCUT2D eigenvalue weighted by molar-refractivity contribution is 5.29. The van der Waals surface area contributed by atoms with Gasteiger partial charge in [0.1, 0.15) is 11.6 Å². The van der Waals surface area contributed by atoms with Crippen LogP contribution in [-0.4, -0.2) is 71.6 Å². The highest BCUT2D eigenvalue weighted by atomic mass is 19.1. The first kappa shape index (κ1) is 17.6. The SMILES string of the molecule is COc1ccc(F)c(CN2CC[C@@H](N3CCC(O)CC3)[C@H](O)C2)c1. The molecule has 1 aromatic carbocycles. The largest absolute Gasteiger partial charge is 0.497 e. The summed E-state index contributed by atoms with van der Waals surface area (Å²) in [7, 11) is 1.57. The van der Waals surface area contributed by atoms with Crippen LogP contribution in [0.5, 0.6) is 5.75 Å². The molecule has 1 aromatic rings. The molecule has 2 fully saturated rings. The number of aliphatic hydroxyl groups is 2. The van der Waals surface area contributed by atoms with Gasteiger partial charge in [-0.05, 0) is 37.5 Å². The average molecular weight is 338 g/mol. The zero-order chi connectivity index (χ0) is 17.1. The van der Waals surface area contributed by atoms with Crippen molar-refractivity contribution in [3.05, 3.63) is 29.6 Å². The molecule has 2 heterocycles. The van der Waals surface area contributed by atoms with Crippen molar-refractivity contribution >= 4 is 0 Å². The average Bonchev–Trinajstić information content (AvgIpc) is 2.58. The van der Waals surface area contributed by atoms with E-state index in [4.69, 9.17) is 4.74 Å². The van der Waals surface area contributed by atoms with Crippen LogP contribution in [0.15, 0.2) is 18.2 Å². The Morgan fingerprint density at radius 3 is 2.58 bits per heavy atom. The van der Waals surface area contributed by atoms with Gasteiger partial charge in [-0.15, -0.1) is 0 Å². The molecule has 0 saturated carbocycles. The van der Waals surface area contributed by atoms with Crippen molar-refractivity contribution < 1.29 is 19.3 Å². The highest BCUT2D eigenvalue weighted by Gasteiger charge is 2.33. The van der Waals surface area contributed by atoms with Gasteiger partial charge in [0.15, 0.2) is 0 Å². The molecule has 24 heavy (non-hydrogen) atoms. The summed E-state index contributed by atoms with van der Waals surface area (Å²) in [6.45, 7) is 3.53. The minimum atomic E-state index is -0.442. The molecule has 2 saturated heterocycles. The molecule has 0 aliphatic carbocycles. The Labute approximate surface area is 142 Å². The molecule has 2 aliphatic rings. The smallest absolute Gasteiger partial charge is 0.127 e. The zero-order valence-corrected chi connectivity index (χ0v) is 14.2. The summed E-state index contributed by atoms with van der Waals surface area (Å²) >= 11 is 0. The number of aliphatic hydroxyl groups excluding tert-OH is 2. The van der Waals surface area contributed by atoms with Crippen LogP contribution in [0, 0.1) is 5.82 Å². The fourth-order valence-electron chi connectivity index (χ4n) is 3.81. The molecule has 2 atom stereocenters. The van der Waals surface area contributed by atoms with Crippen LogP contribution in [0.3, 0.4) is 0 Å². The van der Waals surface area contributed by atoms with Gasteiger partial charge in [-0.3, -0.25) is 9.80 Å². The first-order chi connectivity index (χ1) is 11.6. The lowest BCUT2D eigenvalue weighted by Crippen LogP contribution is -2.55. The minimum Gasteiger partial charge on any atom is -0.497 e. The van der Waals surface area contributed by atoms with Gasteiger partial charge in [-0.25, -0.2) is 4.39 Å². The quantitative estimate of drug-likeness (QED) is 0.865. The van der Waals surface area contributed by atoms with E-state index in [1.54, 1.807) is 19.2 Å². The van der Waals surface area contributed by atoms with Crippen LogP contribution in [0.1, 0.15) is 24.8 Å². The number of rotatable bonds is 4. The van der Waals surface area contributed by atoms with E-state index < -0.39 is 6.10 Å². The molecule has 134 valence electrons. The summed E-state index contributed by atoms with van der Waals surface area (Å²) in [5.74, 6) is 0.408. The number of halogens is 1. The van der Waals surface area contributed by atoms with Crippen molar-refractivity contribution in [2.24, 2.45) is 0 Å². The molecule has 0 bridgehead atoms. The number of hydrogen-bond acceptors (Lipinski definition) is 5. The van der Waals surface area contributed by atoms with Crippen molar-refractivity contribution in [3.8, 4) is 5.75 Å². The maximum absolute atomic E-state index is 14.0. The fraction of sp³-hybridized carbons (Fsp3) is 0.667. The number of likely N-dealkylation sites (tertiary alicyclic amines) is 2. The Morgan fingerprint density at radius 1 is 1.17 bits per heavy atom. The topological polar surface area (TPSA) is 56.2 Å². The normalized spacial score (nSPS) is 27.3. The van der Waals surface area contributed by atoms with E-state index in [2.05, 4.69) is 9.80 Å². The molecule has 3 rings (SSSR count). The van der Waals surface area contributed by atoms with Gasteiger partial charge in [-0.2, -0.15) is 0 Å². The molecular weight excluding hydrogens is 311 g/mol. The number of β-amino-alcohol motifs (C(OH)–C–C–N with tert-alkyl or cyclic N) is 1. The fourth-order valence-corrected chi connectivity index (χ4v) is 3.81. The Kier molecular flexibility index (Phi) is 5.71. The third-order valence-electron chi connectivity index (χ3n) is 5.25. The van der Waals surface area contributed by atoms with Gasteiger partial charge in [0.25, 0.3) is 0 Å². The van der Waals surface area contributed by atoms with Crippen LogP contribution >= 0.6 is 0 Å². The second-order valence-electron chi connectivity index (χ2n) is 6.88. The lowest BCUT2D eigenvalue weighted by Gasteiger charge is -2.43. The van der Waals surface area contributed by atoms with Crippen molar-refractivity contribution in [2.75, 3.05) is 33.3 Å². The zero-order valence-electron chi connectivity index (χ0n) is 14.2. The van der Waals surface area contributed by atoms with E-state index in [9.17, 15) is 14.6 Å². The van der Waals surface area contributed by atoms with Crippen LogP contribution in [0.25, 0.3) is 0 Å². The molecule has 0 amide bonds. The number of ether oxygens (including phenoxy) is 1.